The van der Waals surface area contributed by atoms with Crippen LogP contribution in [0.5, 0.6) is 0 Å². The molecular formula is C20H26N4O. The maximum absolute atomic E-state index is 11.3. The Balaban J connectivity index is 1.73. The molecule has 132 valence electrons. The Hall–Kier alpha value is -2.40. The third kappa shape index (κ3) is 3.82. The molecule has 0 fully saturated rings. The van der Waals surface area contributed by atoms with Crippen LogP contribution in [0.3, 0.4) is 0 Å². The fraction of sp³-hybridized carbons (Fsp3) is 0.400. The average molecular weight is 338 g/mol. The van der Waals surface area contributed by atoms with Gasteiger partial charge in [0.05, 0.1) is 17.9 Å². The van der Waals surface area contributed by atoms with Crippen LogP contribution < -0.4 is 5.73 Å². The zero-order valence-corrected chi connectivity index (χ0v) is 15.1. The molecule has 1 aliphatic heterocycles. The molecule has 5 nitrogen and oxygen atoms in total. The summed E-state index contributed by atoms with van der Waals surface area (Å²) in [5.74, 6) is 0.259. The molecule has 0 saturated carbocycles. The Bertz CT molecular complexity index is 773. The van der Waals surface area contributed by atoms with Crippen molar-refractivity contribution < 1.29 is 4.79 Å². The summed E-state index contributed by atoms with van der Waals surface area (Å²) >= 11 is 0. The molecule has 0 aliphatic carbocycles. The summed E-state index contributed by atoms with van der Waals surface area (Å²) in [4.78, 5) is 13.4. The predicted octanol–water partition coefficient (Wildman–Crippen LogP) is 2.96. The van der Waals surface area contributed by atoms with E-state index in [2.05, 4.69) is 60.4 Å². The lowest BCUT2D eigenvalue weighted by atomic mass is 10.0. The second-order valence-corrected chi connectivity index (χ2v) is 6.97. The van der Waals surface area contributed by atoms with Crippen molar-refractivity contribution in [3.8, 4) is 5.69 Å². The maximum atomic E-state index is 11.3. The number of nitrogens with two attached hydrogens (primary N) is 1. The lowest BCUT2D eigenvalue weighted by molar-refractivity contribution is -0.122. The van der Waals surface area contributed by atoms with Gasteiger partial charge in [0.1, 0.15) is 0 Å². The molecule has 0 unspecified atom stereocenters. The fourth-order valence-electron chi connectivity index (χ4n) is 3.12. The van der Waals surface area contributed by atoms with E-state index in [-0.39, 0.29) is 11.9 Å². The van der Waals surface area contributed by atoms with Crippen molar-refractivity contribution in [3.63, 3.8) is 0 Å². The monoisotopic (exact) mass is 338 g/mol. The topological polar surface area (TPSA) is 64.2 Å². The summed E-state index contributed by atoms with van der Waals surface area (Å²) in [6, 6.07) is 8.31. The second-order valence-electron chi connectivity index (χ2n) is 6.97. The highest BCUT2D eigenvalue weighted by Gasteiger charge is 2.21. The number of hydrogen-bond acceptors (Lipinski definition) is 3. The molecule has 1 aromatic carbocycles. The molecule has 1 atom stereocenters. The minimum atomic E-state index is -0.269. The normalized spacial score (nSPS) is 16.7. The molecule has 2 heterocycles. The first-order valence-electron chi connectivity index (χ1n) is 8.83. The fourth-order valence-corrected chi connectivity index (χ4v) is 3.12. The van der Waals surface area contributed by atoms with Crippen LogP contribution in [0.4, 0.5) is 0 Å². The van der Waals surface area contributed by atoms with Gasteiger partial charge < -0.3 is 5.73 Å². The number of amides is 1. The summed E-state index contributed by atoms with van der Waals surface area (Å²) < 4.78 is 1.92. The van der Waals surface area contributed by atoms with Gasteiger partial charge in [0, 0.05) is 24.8 Å². The van der Waals surface area contributed by atoms with Crippen LogP contribution >= 0.6 is 0 Å². The lowest BCUT2D eigenvalue weighted by Crippen LogP contribution is -2.44. The number of benzene rings is 1. The van der Waals surface area contributed by atoms with Crippen molar-refractivity contribution in [1.82, 2.24) is 14.7 Å². The molecule has 0 spiro atoms. The summed E-state index contributed by atoms with van der Waals surface area (Å²) in [7, 11) is 0. The highest BCUT2D eigenvalue weighted by Crippen LogP contribution is 2.24. The highest BCUT2D eigenvalue weighted by molar-refractivity contribution is 5.79. The summed E-state index contributed by atoms with van der Waals surface area (Å²) in [6.07, 6.45) is 7.06. The molecule has 2 N–H and O–H groups in total. The van der Waals surface area contributed by atoms with E-state index in [1.165, 1.54) is 11.1 Å². The van der Waals surface area contributed by atoms with Crippen molar-refractivity contribution in [2.75, 3.05) is 13.1 Å². The SMILES string of the molecule is CC(C)c1ccc(-n2cc(C3=CCN([C@@H](C)C(N)=O)CC3)cn2)cc1. The third-order valence-corrected chi connectivity index (χ3v) is 4.98. The first-order valence-corrected chi connectivity index (χ1v) is 8.83. The Morgan fingerprint density at radius 3 is 2.48 bits per heavy atom. The van der Waals surface area contributed by atoms with Gasteiger partial charge in [0.15, 0.2) is 0 Å². The average Bonchev–Trinajstić information content (AvgIpc) is 3.11. The third-order valence-electron chi connectivity index (χ3n) is 4.98. The van der Waals surface area contributed by atoms with E-state index in [9.17, 15) is 4.79 Å². The largest absolute Gasteiger partial charge is 0.368 e. The van der Waals surface area contributed by atoms with E-state index in [4.69, 9.17) is 5.73 Å². The van der Waals surface area contributed by atoms with E-state index in [1.807, 2.05) is 17.8 Å². The van der Waals surface area contributed by atoms with Gasteiger partial charge in [-0.3, -0.25) is 9.69 Å². The molecular weight excluding hydrogens is 312 g/mol. The van der Waals surface area contributed by atoms with Crippen molar-refractivity contribution in [2.24, 2.45) is 5.73 Å². The number of carbonyl (C=O) groups excluding carboxylic acids is 1. The molecule has 5 heteroatoms. The van der Waals surface area contributed by atoms with Crippen molar-refractivity contribution in [1.29, 1.82) is 0 Å². The van der Waals surface area contributed by atoms with Crippen LogP contribution in [-0.4, -0.2) is 39.7 Å². The second kappa shape index (κ2) is 7.23. The quantitative estimate of drug-likeness (QED) is 0.911. The smallest absolute Gasteiger partial charge is 0.234 e. The summed E-state index contributed by atoms with van der Waals surface area (Å²) in [5.41, 5.74) is 10.2. The maximum Gasteiger partial charge on any atom is 0.234 e. The molecule has 2 aromatic rings. The Morgan fingerprint density at radius 2 is 1.92 bits per heavy atom. The number of carbonyl (C=O) groups is 1. The first kappa shape index (κ1) is 17.4. The van der Waals surface area contributed by atoms with Crippen LogP contribution in [0.1, 0.15) is 44.2 Å². The van der Waals surface area contributed by atoms with Crippen LogP contribution in [0.25, 0.3) is 11.3 Å². The van der Waals surface area contributed by atoms with Crippen LogP contribution in [0, 0.1) is 0 Å². The first-order chi connectivity index (χ1) is 12.0. The molecule has 0 bridgehead atoms. The van der Waals surface area contributed by atoms with Crippen molar-refractivity contribution in [3.05, 3.63) is 53.9 Å². The predicted molar refractivity (Wildman–Crippen MR) is 100 cm³/mol. The van der Waals surface area contributed by atoms with Gasteiger partial charge in [-0.05, 0) is 42.5 Å². The van der Waals surface area contributed by atoms with E-state index >= 15 is 0 Å². The molecule has 25 heavy (non-hydrogen) atoms. The molecule has 0 saturated heterocycles. The number of rotatable bonds is 5. The Morgan fingerprint density at radius 1 is 1.20 bits per heavy atom. The van der Waals surface area contributed by atoms with Gasteiger partial charge in [0.25, 0.3) is 0 Å². The van der Waals surface area contributed by atoms with E-state index < -0.39 is 0 Å². The molecule has 3 rings (SSSR count). The molecule has 1 amide bonds. The Labute approximate surface area is 149 Å². The zero-order chi connectivity index (χ0) is 18.0. The van der Waals surface area contributed by atoms with Gasteiger partial charge in [-0.25, -0.2) is 4.68 Å². The van der Waals surface area contributed by atoms with Gasteiger partial charge in [0.2, 0.25) is 5.91 Å². The van der Waals surface area contributed by atoms with Gasteiger partial charge >= 0.3 is 0 Å². The molecule has 0 radical (unpaired) electrons. The number of primary amides is 1. The number of aromatic nitrogens is 2. The van der Waals surface area contributed by atoms with Crippen LogP contribution in [0.2, 0.25) is 0 Å². The highest BCUT2D eigenvalue weighted by atomic mass is 16.1. The molecule has 1 aliphatic rings. The van der Waals surface area contributed by atoms with Crippen LogP contribution in [-0.2, 0) is 4.79 Å². The minimum absolute atomic E-state index is 0.222. The summed E-state index contributed by atoms with van der Waals surface area (Å²) in [6.45, 7) is 7.83. The van der Waals surface area contributed by atoms with Gasteiger partial charge in [-0.15, -0.1) is 0 Å². The molecule has 1 aromatic heterocycles. The van der Waals surface area contributed by atoms with Crippen LogP contribution in [0.15, 0.2) is 42.7 Å². The van der Waals surface area contributed by atoms with Gasteiger partial charge in [-0.2, -0.15) is 5.10 Å². The number of hydrogen-bond donors (Lipinski definition) is 1. The Kier molecular flexibility index (Phi) is 5.04. The van der Waals surface area contributed by atoms with Crippen molar-refractivity contribution in [2.45, 2.75) is 39.2 Å². The summed E-state index contributed by atoms with van der Waals surface area (Å²) in [5, 5.41) is 4.51. The van der Waals surface area contributed by atoms with E-state index in [1.54, 1.807) is 0 Å². The van der Waals surface area contributed by atoms with E-state index in [0.29, 0.717) is 5.92 Å². The minimum Gasteiger partial charge on any atom is -0.368 e. The standard InChI is InChI=1S/C20H26N4O/c1-14(2)16-4-6-19(7-5-16)24-13-18(12-22-24)17-8-10-23(11-9-17)15(3)20(21)25/h4-8,12-15H,9-11H2,1-3H3,(H2,21,25)/t15-/m0/s1. The lowest BCUT2D eigenvalue weighted by Gasteiger charge is -2.29. The van der Waals surface area contributed by atoms with Gasteiger partial charge in [-0.1, -0.05) is 32.1 Å². The van der Waals surface area contributed by atoms with Crippen molar-refractivity contribution >= 4 is 11.5 Å². The van der Waals surface area contributed by atoms with E-state index in [0.717, 1.165) is 30.8 Å². The zero-order valence-electron chi connectivity index (χ0n) is 15.1. The number of nitrogens with zero attached hydrogens (tertiary/aromatic N) is 3.